The molecule has 0 amide bonds. The van der Waals surface area contributed by atoms with Crippen LogP contribution in [0.1, 0.15) is 104 Å². The summed E-state index contributed by atoms with van der Waals surface area (Å²) in [6.45, 7) is 15.4. The quantitative estimate of drug-likeness (QED) is 0.0165. The lowest BCUT2D eigenvalue weighted by molar-refractivity contribution is -0.149. The molecule has 4 atom stereocenters. The lowest BCUT2D eigenvalue weighted by atomic mass is 9.87. The highest BCUT2D eigenvalue weighted by Gasteiger charge is 2.44. The highest BCUT2D eigenvalue weighted by Crippen LogP contribution is 2.41. The second-order valence-corrected chi connectivity index (χ2v) is 36.7. The Kier molecular flexibility index (Phi) is 41.7. The summed E-state index contributed by atoms with van der Waals surface area (Å²) in [4.78, 5) is 70.9. The largest absolute Gasteiger partial charge is 0.497 e. The van der Waals surface area contributed by atoms with Crippen LogP contribution >= 0.6 is 46.5 Å². The molecule has 2 fully saturated rings. The molecule has 20 nitrogen and oxygen atoms in total. The Morgan fingerprint density at radius 3 is 1.62 bits per heavy atom. The summed E-state index contributed by atoms with van der Waals surface area (Å²) >= 11 is 11.1. The number of ether oxygens (including phenoxy) is 3. The fraction of sp³-hybridized carbons (Fsp3) is 0.280. The van der Waals surface area contributed by atoms with Crippen LogP contribution in [0.5, 0.6) is 17.2 Å². The molecule has 0 saturated carbocycles. The van der Waals surface area contributed by atoms with Gasteiger partial charge in [-0.1, -0.05) is 201 Å². The van der Waals surface area contributed by atoms with Gasteiger partial charge in [-0.25, -0.2) is 13.6 Å². The number of likely N-dealkylation sites (tertiary alicyclic amines) is 1. The average molecular weight is 1910 g/mol. The second-order valence-electron chi connectivity index (χ2n) is 33.3. The van der Waals surface area contributed by atoms with Crippen molar-refractivity contribution < 1.29 is 81.3 Å². The number of anilines is 1. The van der Waals surface area contributed by atoms with Crippen molar-refractivity contribution in [3.8, 4) is 40.9 Å². The van der Waals surface area contributed by atoms with E-state index in [9.17, 15) is 46.6 Å². The third-order valence-electron chi connectivity index (χ3n) is 21.6. The van der Waals surface area contributed by atoms with Crippen LogP contribution in [-0.2, 0) is 35.3 Å². The molecule has 2 saturated heterocycles. The predicted molar refractivity (Wildman–Crippen MR) is 530 cm³/mol. The molecular weight excluding hydrogens is 1800 g/mol. The van der Waals surface area contributed by atoms with Gasteiger partial charge in [0.15, 0.2) is 5.66 Å². The Morgan fingerprint density at radius 2 is 1.09 bits per heavy atom. The first-order valence-corrected chi connectivity index (χ1v) is 46.6. The number of piperazine rings is 1. The number of carboxylic acid groups (broad SMARTS) is 5. The lowest BCUT2D eigenvalue weighted by Crippen LogP contribution is -2.58. The number of thiophene rings is 1. The highest BCUT2D eigenvalue weighted by molar-refractivity contribution is 7.99. The molecule has 2 aliphatic rings. The number of rotatable bonds is 33. The average Bonchev–Trinajstić information content (AvgIpc) is 1.78. The second kappa shape index (κ2) is 53.0. The molecule has 0 bridgehead atoms. The lowest BCUT2D eigenvalue weighted by Gasteiger charge is -2.45. The number of aliphatic carboxylic acids is 5. The van der Waals surface area contributed by atoms with E-state index in [0.29, 0.717) is 62.9 Å². The Bertz CT molecular complexity index is 5830. The summed E-state index contributed by atoms with van der Waals surface area (Å²) < 4.78 is 73.0. The van der Waals surface area contributed by atoms with Crippen LogP contribution < -0.4 is 24.8 Å². The fourth-order valence-electron chi connectivity index (χ4n) is 14.3. The van der Waals surface area contributed by atoms with Crippen molar-refractivity contribution in [3.63, 3.8) is 0 Å². The zero-order valence-electron chi connectivity index (χ0n) is 76.9. The molecular formula is C107H114ClF4N7O13S3. The minimum atomic E-state index is -3.29. The molecule has 13 rings (SSSR count). The molecule has 0 spiro atoms. The minimum absolute atomic E-state index is 0.0104. The van der Waals surface area contributed by atoms with Gasteiger partial charge < -0.3 is 50.4 Å². The van der Waals surface area contributed by atoms with E-state index in [2.05, 4.69) is 124 Å². The van der Waals surface area contributed by atoms with Crippen molar-refractivity contribution in [2.24, 2.45) is 5.73 Å². The van der Waals surface area contributed by atoms with Crippen LogP contribution in [0, 0.1) is 35.3 Å². The molecule has 2 aliphatic heterocycles. The molecule has 3 heterocycles. The number of likely N-dealkylation sites (N-methyl/N-ethyl adjacent to an activating group) is 3. The Labute approximate surface area is 805 Å². The molecule has 0 aliphatic carbocycles. The number of benzene rings is 10. The molecule has 708 valence electrons. The number of carboxylic acids is 5. The number of nitrogens with two attached hydrogens (primary N) is 1. The number of para-hydroxylation sites is 2. The number of halogens is 5. The number of hydrogen-bond donors (Lipinski definition) is 6. The molecule has 10 aromatic carbocycles. The van der Waals surface area contributed by atoms with Gasteiger partial charge in [-0.15, -0.1) is 0 Å². The van der Waals surface area contributed by atoms with E-state index < -0.39 is 53.4 Å². The Hall–Kier alpha value is -12.5. The van der Waals surface area contributed by atoms with Gasteiger partial charge in [-0.3, -0.25) is 43.7 Å². The van der Waals surface area contributed by atoms with E-state index in [1.54, 1.807) is 113 Å². The van der Waals surface area contributed by atoms with Gasteiger partial charge in [-0.05, 0) is 233 Å². The Balaban J connectivity index is 0.000000191. The van der Waals surface area contributed by atoms with E-state index in [0.717, 1.165) is 109 Å². The number of allylic oxidation sites excluding steroid dienone is 2. The van der Waals surface area contributed by atoms with Crippen LogP contribution in [0.2, 0.25) is 5.02 Å². The summed E-state index contributed by atoms with van der Waals surface area (Å²) in [5, 5.41) is 49.7. The van der Waals surface area contributed by atoms with Crippen LogP contribution in [-0.4, -0.2) is 204 Å². The van der Waals surface area contributed by atoms with Gasteiger partial charge in [0.25, 0.3) is 5.92 Å². The molecule has 28 heteroatoms. The van der Waals surface area contributed by atoms with E-state index >= 15 is 0 Å². The predicted octanol–water partition coefficient (Wildman–Crippen LogP) is 20.8. The third kappa shape index (κ3) is 35.1. The third-order valence-corrected chi connectivity index (χ3v) is 24.7. The topological polar surface area (TPSA) is 260 Å². The maximum absolute atomic E-state index is 14.8. The van der Waals surface area contributed by atoms with Gasteiger partial charge >= 0.3 is 29.8 Å². The standard InChI is InChI=1S/C25H23ClF3NO3.C23H30N2O3S.C21H26N2O3S.C20H18FNO2.C18H17NO2S/c1-30(16-24(31)32)14-13-23(17-3-2-4-20(26)15-17)33-22-11-7-19(8-12-22)25(28,29)18-5-9-21(27)10-6-18;1-22(2,3)17-9-11-18(12-10-17)29-20-8-5-4-7-19(20)28-16-15-25-14-6-13-23(25,24)21(26)27;1-15-13-23(16(2)12-22(15)14-21(24)25)19-6-4-5-7-20(19)27-18-10-8-17(26-3)9-11-18;1-22(15-20(23)24)14-13-18(17-5-3-2-4-6-17)10-7-16-8-11-19(21)12-9-16;1-19(13-18(20)21)11-9-17(16-5-3-2-4-6-16)8-7-15-10-12-22-14-15/h2-12,15,23H,13-14,16H2,1H3,(H,31,32);4-5,7-12H,6,13-16,24H2,1-3H3,(H,26,27);4-11,15-16H,12-14H2,1-3H3,(H,24,25);2-6,8-9,11-13H,14-15H2,1H3,(H,23,24);2-6,9-10,12,14H,11,13H2,1H3,(H,20,21)/b;;;18-13-;17-9-/t;23-;;;/m.0.../s1. The van der Waals surface area contributed by atoms with E-state index in [1.165, 1.54) is 52.5 Å². The van der Waals surface area contributed by atoms with E-state index in [1.807, 2.05) is 137 Å². The van der Waals surface area contributed by atoms with Crippen LogP contribution in [0.15, 0.2) is 303 Å². The summed E-state index contributed by atoms with van der Waals surface area (Å²) in [7, 11) is 6.87. The van der Waals surface area contributed by atoms with Crippen molar-refractivity contribution in [2.75, 3.05) is 112 Å². The smallest absolute Gasteiger partial charge is 0.338 e. The number of alkyl halides is 2. The number of methoxy groups -OCH3 is 1. The Morgan fingerprint density at radius 1 is 0.585 bits per heavy atom. The normalized spacial score (nSPS) is 15.2. The number of carbonyl (C=O) groups is 5. The maximum atomic E-state index is 14.8. The van der Waals surface area contributed by atoms with Crippen molar-refractivity contribution in [1.82, 2.24) is 24.5 Å². The zero-order valence-corrected chi connectivity index (χ0v) is 80.1. The minimum Gasteiger partial charge on any atom is -0.497 e. The number of nitrogens with zero attached hydrogens (tertiary/aromatic N) is 6. The summed E-state index contributed by atoms with van der Waals surface area (Å²) in [6, 6.07) is 77.7. The first-order valence-electron chi connectivity index (χ1n) is 43.6. The van der Waals surface area contributed by atoms with Gasteiger partial charge in [0, 0.05) is 123 Å². The zero-order chi connectivity index (χ0) is 97.6. The molecule has 135 heavy (non-hydrogen) atoms. The van der Waals surface area contributed by atoms with Crippen molar-refractivity contribution in [3.05, 3.63) is 345 Å². The maximum Gasteiger partial charge on any atom is 0.338 e. The van der Waals surface area contributed by atoms with Crippen molar-refractivity contribution >= 4 is 93.1 Å². The molecule has 0 radical (unpaired) electrons. The van der Waals surface area contributed by atoms with Gasteiger partial charge in [0.2, 0.25) is 0 Å². The van der Waals surface area contributed by atoms with Crippen LogP contribution in [0.25, 0.3) is 11.1 Å². The molecule has 11 aromatic rings. The monoisotopic (exact) mass is 1910 g/mol. The van der Waals surface area contributed by atoms with E-state index in [4.69, 9.17) is 52.0 Å². The molecule has 3 unspecified atom stereocenters. The number of hydrogen-bond acceptors (Lipinski definition) is 18. The molecule has 7 N–H and O–H groups in total. The van der Waals surface area contributed by atoms with Crippen molar-refractivity contribution in [1.29, 1.82) is 0 Å². The fourth-order valence-corrected chi connectivity index (χ4v) is 17.0. The van der Waals surface area contributed by atoms with Crippen LogP contribution in [0.4, 0.5) is 23.2 Å². The van der Waals surface area contributed by atoms with Gasteiger partial charge in [-0.2, -0.15) is 20.1 Å². The van der Waals surface area contributed by atoms with Gasteiger partial charge in [0.1, 0.15) is 41.6 Å². The van der Waals surface area contributed by atoms with Crippen molar-refractivity contribution in [2.45, 2.75) is 109 Å². The molecule has 1 aromatic heterocycles. The van der Waals surface area contributed by atoms with Crippen LogP contribution in [0.3, 0.4) is 0 Å². The summed E-state index contributed by atoms with van der Waals surface area (Å²) in [6.07, 6.45) is 5.12. The van der Waals surface area contributed by atoms with Gasteiger partial charge in [0.05, 0.1) is 43.9 Å². The SMILES string of the molecule is CC(C)(C)c1ccc(Sc2ccccc2OCCN2CCC[C@@]2(N)C(=O)O)cc1.CN(C/C=C(/C#Cc1ccc(F)cc1)c1ccccc1)CC(=O)O.CN(C/C=C(/C#Cc1ccsc1)c1ccccc1)CC(=O)O.CN(CCC(Oc1ccc(C(F)(F)c2ccc(F)cc2)cc1)c1cccc(Cl)c1)CC(=O)O.COc1ccc(Sc2ccccc2N2CC(C)N(CC(=O)O)CC2C)cc1. The summed E-state index contributed by atoms with van der Waals surface area (Å²) in [5.41, 5.74) is 13.1. The highest BCUT2D eigenvalue weighted by atomic mass is 35.5. The summed E-state index contributed by atoms with van der Waals surface area (Å²) in [5.74, 6) is 5.93. The first-order chi connectivity index (χ1) is 64.5. The first kappa shape index (κ1) is 106. The van der Waals surface area contributed by atoms with E-state index in [-0.39, 0.29) is 60.6 Å².